The van der Waals surface area contributed by atoms with Crippen molar-refractivity contribution in [3.05, 3.63) is 59.9 Å². The lowest BCUT2D eigenvalue weighted by Gasteiger charge is -2.21. The van der Waals surface area contributed by atoms with Crippen molar-refractivity contribution in [2.45, 2.75) is 55.9 Å². The molecule has 1 aliphatic carbocycles. The van der Waals surface area contributed by atoms with Gasteiger partial charge in [0.2, 0.25) is 5.91 Å². The summed E-state index contributed by atoms with van der Waals surface area (Å²) in [6.07, 6.45) is 8.23. The van der Waals surface area contributed by atoms with Crippen LogP contribution in [0.15, 0.2) is 53.4 Å². The van der Waals surface area contributed by atoms with Crippen LogP contribution in [0.25, 0.3) is 0 Å². The van der Waals surface area contributed by atoms with E-state index in [4.69, 9.17) is 0 Å². The number of nitrogens with one attached hydrogen (secondary N) is 2. The maximum atomic E-state index is 13.0. The van der Waals surface area contributed by atoms with Crippen molar-refractivity contribution < 1.29 is 14.0 Å². The van der Waals surface area contributed by atoms with Crippen LogP contribution in [0, 0.1) is 5.82 Å². The summed E-state index contributed by atoms with van der Waals surface area (Å²) in [4.78, 5) is 25.8. The predicted octanol–water partition coefficient (Wildman–Crippen LogP) is 5.40. The number of carbonyl (C=O) groups is 2. The first-order chi connectivity index (χ1) is 14.1. The zero-order chi connectivity index (χ0) is 20.5. The van der Waals surface area contributed by atoms with Crippen LogP contribution in [0.4, 0.5) is 10.1 Å². The third kappa shape index (κ3) is 6.89. The number of halogens is 1. The molecule has 2 N–H and O–H groups in total. The Morgan fingerprint density at radius 1 is 0.931 bits per heavy atom. The van der Waals surface area contributed by atoms with E-state index >= 15 is 0 Å². The van der Waals surface area contributed by atoms with Crippen LogP contribution in [0.1, 0.15) is 55.3 Å². The van der Waals surface area contributed by atoms with Crippen molar-refractivity contribution in [3.8, 4) is 0 Å². The van der Waals surface area contributed by atoms with Gasteiger partial charge in [0.05, 0.1) is 11.3 Å². The lowest BCUT2D eigenvalue weighted by atomic mass is 9.97. The topological polar surface area (TPSA) is 58.2 Å². The highest BCUT2D eigenvalue weighted by Gasteiger charge is 2.16. The van der Waals surface area contributed by atoms with Crippen molar-refractivity contribution in [2.24, 2.45) is 0 Å². The molecular formula is C23H27FN2O2S. The van der Waals surface area contributed by atoms with Crippen molar-refractivity contribution >= 4 is 29.3 Å². The summed E-state index contributed by atoms with van der Waals surface area (Å²) >= 11 is 1.36. The van der Waals surface area contributed by atoms with Gasteiger partial charge >= 0.3 is 0 Å². The van der Waals surface area contributed by atoms with E-state index in [1.54, 1.807) is 12.1 Å². The van der Waals surface area contributed by atoms with Crippen LogP contribution in [0.2, 0.25) is 0 Å². The Kier molecular flexibility index (Phi) is 8.11. The van der Waals surface area contributed by atoms with Crippen molar-refractivity contribution in [1.29, 1.82) is 0 Å². The van der Waals surface area contributed by atoms with E-state index in [1.807, 2.05) is 12.1 Å². The van der Waals surface area contributed by atoms with Gasteiger partial charge in [-0.1, -0.05) is 44.2 Å². The number of thioether (sulfide) groups is 1. The van der Waals surface area contributed by atoms with Gasteiger partial charge in [-0.25, -0.2) is 4.39 Å². The van der Waals surface area contributed by atoms with Gasteiger partial charge < -0.3 is 10.6 Å². The van der Waals surface area contributed by atoms with E-state index in [2.05, 4.69) is 10.6 Å². The van der Waals surface area contributed by atoms with Crippen LogP contribution in [-0.4, -0.2) is 23.6 Å². The normalized spacial score (nSPS) is 15.2. The summed E-state index contributed by atoms with van der Waals surface area (Å²) in [6.45, 7) is 0. The quantitative estimate of drug-likeness (QED) is 0.622. The fourth-order valence-electron chi connectivity index (χ4n) is 3.52. The summed E-state index contributed by atoms with van der Waals surface area (Å²) in [5.41, 5.74) is 1.03. The highest BCUT2D eigenvalue weighted by atomic mass is 32.2. The van der Waals surface area contributed by atoms with Gasteiger partial charge in [0, 0.05) is 16.6 Å². The molecule has 0 atom stereocenters. The molecule has 29 heavy (non-hydrogen) atoms. The molecule has 2 aromatic carbocycles. The summed E-state index contributed by atoms with van der Waals surface area (Å²) in [6, 6.07) is 13.1. The largest absolute Gasteiger partial charge is 0.353 e. The van der Waals surface area contributed by atoms with Crippen LogP contribution < -0.4 is 10.6 Å². The van der Waals surface area contributed by atoms with E-state index in [1.165, 1.54) is 68.1 Å². The Bertz CT molecular complexity index is 818. The van der Waals surface area contributed by atoms with Crippen LogP contribution >= 0.6 is 11.8 Å². The Balaban J connectivity index is 1.56. The smallest absolute Gasteiger partial charge is 0.256 e. The Hall–Kier alpha value is -2.34. The molecule has 0 heterocycles. The number of carbonyl (C=O) groups excluding carboxylic acids is 2. The van der Waals surface area contributed by atoms with Gasteiger partial charge in [-0.3, -0.25) is 9.59 Å². The number of amides is 2. The molecule has 6 heteroatoms. The van der Waals surface area contributed by atoms with E-state index in [0.717, 1.165) is 17.7 Å². The molecule has 1 fully saturated rings. The highest BCUT2D eigenvalue weighted by Crippen LogP contribution is 2.24. The molecule has 0 aromatic heterocycles. The maximum Gasteiger partial charge on any atom is 0.256 e. The standard InChI is InChI=1S/C23H27FN2O2S/c24-17-12-14-19(15-13-17)26-23(28)20-10-6-7-11-21(20)29-16-22(27)25-18-8-4-2-1-3-5-9-18/h6-7,10-15,18H,1-5,8-9,16H2,(H,25,27)(H,26,28). The molecule has 0 saturated heterocycles. The van der Waals surface area contributed by atoms with Crippen LogP contribution in [0.5, 0.6) is 0 Å². The number of hydrogen-bond donors (Lipinski definition) is 2. The Morgan fingerprint density at radius 2 is 1.59 bits per heavy atom. The van der Waals surface area contributed by atoms with Crippen LogP contribution in [-0.2, 0) is 4.79 Å². The molecule has 0 spiro atoms. The fourth-order valence-corrected chi connectivity index (χ4v) is 4.39. The van der Waals surface area contributed by atoms with Gasteiger partial charge in [-0.15, -0.1) is 11.8 Å². The first-order valence-corrected chi connectivity index (χ1v) is 11.2. The maximum absolute atomic E-state index is 13.0. The molecule has 2 amide bonds. The van der Waals surface area contributed by atoms with Gasteiger partial charge in [0.25, 0.3) is 5.91 Å². The average Bonchev–Trinajstić information content (AvgIpc) is 2.70. The molecule has 0 aliphatic heterocycles. The molecule has 4 nitrogen and oxygen atoms in total. The van der Waals surface area contributed by atoms with Gasteiger partial charge in [0.1, 0.15) is 5.82 Å². The van der Waals surface area contributed by atoms with Gasteiger partial charge in [-0.05, 0) is 49.2 Å². The summed E-state index contributed by atoms with van der Waals surface area (Å²) in [7, 11) is 0. The zero-order valence-electron chi connectivity index (χ0n) is 16.5. The van der Waals surface area contributed by atoms with Crippen molar-refractivity contribution in [3.63, 3.8) is 0 Å². The van der Waals surface area contributed by atoms with Gasteiger partial charge in [-0.2, -0.15) is 0 Å². The number of hydrogen-bond acceptors (Lipinski definition) is 3. The SMILES string of the molecule is O=C(CSc1ccccc1C(=O)Nc1ccc(F)cc1)NC1CCCCCCC1. The number of anilines is 1. The highest BCUT2D eigenvalue weighted by molar-refractivity contribution is 8.00. The summed E-state index contributed by atoms with van der Waals surface area (Å²) < 4.78 is 13.0. The van der Waals surface area contributed by atoms with Crippen molar-refractivity contribution in [1.82, 2.24) is 5.32 Å². The monoisotopic (exact) mass is 414 g/mol. The number of benzene rings is 2. The first-order valence-electron chi connectivity index (χ1n) is 10.2. The second-order valence-corrected chi connectivity index (χ2v) is 8.37. The molecule has 0 bridgehead atoms. The zero-order valence-corrected chi connectivity index (χ0v) is 17.3. The minimum Gasteiger partial charge on any atom is -0.353 e. The molecule has 0 unspecified atom stereocenters. The lowest BCUT2D eigenvalue weighted by molar-refractivity contribution is -0.119. The average molecular weight is 415 g/mol. The van der Waals surface area contributed by atoms with Crippen LogP contribution in [0.3, 0.4) is 0 Å². The van der Waals surface area contributed by atoms with E-state index in [0.29, 0.717) is 11.3 Å². The molecule has 2 aromatic rings. The fraction of sp³-hybridized carbons (Fsp3) is 0.391. The van der Waals surface area contributed by atoms with Crippen molar-refractivity contribution in [2.75, 3.05) is 11.1 Å². The van der Waals surface area contributed by atoms with E-state index in [9.17, 15) is 14.0 Å². The van der Waals surface area contributed by atoms with E-state index in [-0.39, 0.29) is 29.4 Å². The van der Waals surface area contributed by atoms with E-state index < -0.39 is 0 Å². The van der Waals surface area contributed by atoms with Gasteiger partial charge in [0.15, 0.2) is 0 Å². The molecular weight excluding hydrogens is 387 g/mol. The molecule has 3 rings (SSSR count). The third-order valence-corrected chi connectivity index (χ3v) is 6.14. The predicted molar refractivity (Wildman–Crippen MR) is 116 cm³/mol. The number of rotatable bonds is 6. The second-order valence-electron chi connectivity index (χ2n) is 7.36. The third-order valence-electron chi connectivity index (χ3n) is 5.06. The first kappa shape index (κ1) is 21.4. The Labute approximate surface area is 175 Å². The summed E-state index contributed by atoms with van der Waals surface area (Å²) in [5, 5.41) is 5.93. The molecule has 1 aliphatic rings. The molecule has 154 valence electrons. The second kappa shape index (κ2) is 11.0. The molecule has 1 saturated carbocycles. The summed E-state index contributed by atoms with van der Waals surface area (Å²) in [5.74, 6) is -0.346. The lowest BCUT2D eigenvalue weighted by Crippen LogP contribution is -2.36. The minimum absolute atomic E-state index is 0.00863. The molecule has 0 radical (unpaired) electrons. The Morgan fingerprint density at radius 3 is 2.31 bits per heavy atom. The minimum atomic E-state index is -0.353.